The highest BCUT2D eigenvalue weighted by Crippen LogP contribution is 2.19. The van der Waals surface area contributed by atoms with Crippen LogP contribution in [-0.2, 0) is 13.0 Å². The van der Waals surface area contributed by atoms with Crippen molar-refractivity contribution < 1.29 is 0 Å². The van der Waals surface area contributed by atoms with E-state index in [-0.39, 0.29) is 0 Å². The molecular weight excluding hydrogens is 286 g/mol. The van der Waals surface area contributed by atoms with E-state index < -0.39 is 0 Å². The topological polar surface area (TPSA) is 69.4 Å². The first-order valence-electron chi connectivity index (χ1n) is 7.16. The first-order valence-corrected chi connectivity index (χ1v) is 7.54. The summed E-state index contributed by atoms with van der Waals surface area (Å²) in [4.78, 5) is 7.65. The molecule has 0 radical (unpaired) electrons. The molecule has 2 aromatic heterocycles. The van der Waals surface area contributed by atoms with Gasteiger partial charge < -0.3 is 10.3 Å². The fraction of sp³-hybridized carbons (Fsp3) is 0.333. The average Bonchev–Trinajstić information content (AvgIpc) is 3.08. The number of halogens is 1. The lowest BCUT2D eigenvalue weighted by Crippen LogP contribution is -2.00. The number of imidazole rings is 1. The van der Waals surface area contributed by atoms with E-state index in [9.17, 15) is 0 Å². The Balaban J connectivity index is 1.67. The van der Waals surface area contributed by atoms with E-state index in [4.69, 9.17) is 11.6 Å². The second-order valence-electron chi connectivity index (χ2n) is 5.08. The predicted molar refractivity (Wildman–Crippen MR) is 85.6 cm³/mol. The van der Waals surface area contributed by atoms with Crippen molar-refractivity contribution >= 4 is 28.2 Å². The number of aromatic amines is 2. The fourth-order valence-corrected chi connectivity index (χ4v) is 2.47. The molecule has 110 valence electrons. The molecule has 3 rings (SSSR count). The van der Waals surface area contributed by atoms with Crippen LogP contribution >= 0.6 is 11.6 Å². The van der Waals surface area contributed by atoms with Crippen LogP contribution in [0.3, 0.4) is 0 Å². The molecule has 0 saturated carbocycles. The van der Waals surface area contributed by atoms with E-state index >= 15 is 0 Å². The zero-order valence-electron chi connectivity index (χ0n) is 11.9. The van der Waals surface area contributed by atoms with E-state index in [1.54, 1.807) is 0 Å². The maximum atomic E-state index is 6.17. The number of nitrogens with zero attached hydrogens (tertiary/aromatic N) is 2. The Bertz CT molecular complexity index is 731. The Kier molecular flexibility index (Phi) is 4.10. The minimum absolute atomic E-state index is 0.552. The van der Waals surface area contributed by atoms with Crippen LogP contribution in [0.25, 0.3) is 10.9 Å². The highest BCUT2D eigenvalue weighted by atomic mass is 35.5. The maximum absolute atomic E-state index is 6.17. The van der Waals surface area contributed by atoms with Crippen LogP contribution < -0.4 is 5.32 Å². The van der Waals surface area contributed by atoms with E-state index in [0.717, 1.165) is 47.4 Å². The molecule has 1 aromatic carbocycles. The van der Waals surface area contributed by atoms with Gasteiger partial charge in [-0.25, -0.2) is 4.98 Å². The molecule has 0 aliphatic heterocycles. The number of H-pyrrole nitrogens is 2. The molecule has 0 spiro atoms. The van der Waals surface area contributed by atoms with Crippen molar-refractivity contribution in [2.75, 3.05) is 5.32 Å². The van der Waals surface area contributed by atoms with Crippen molar-refractivity contribution in [3.05, 3.63) is 41.1 Å². The first-order chi connectivity index (χ1) is 10.3. The molecule has 21 heavy (non-hydrogen) atoms. The molecule has 0 unspecified atom stereocenters. The molecule has 0 aliphatic carbocycles. The summed E-state index contributed by atoms with van der Waals surface area (Å²) in [6.45, 7) is 2.79. The summed E-state index contributed by atoms with van der Waals surface area (Å²) in [6, 6.07) is 6.09. The largest absolute Gasteiger partial charge is 0.379 e. The monoisotopic (exact) mass is 303 g/mol. The van der Waals surface area contributed by atoms with Crippen LogP contribution in [-0.4, -0.2) is 20.2 Å². The van der Waals surface area contributed by atoms with Gasteiger partial charge >= 0.3 is 0 Å². The third kappa shape index (κ3) is 3.19. The van der Waals surface area contributed by atoms with Gasteiger partial charge in [0.05, 0.1) is 24.0 Å². The highest BCUT2D eigenvalue weighted by Gasteiger charge is 2.08. The van der Waals surface area contributed by atoms with Gasteiger partial charge in [0.1, 0.15) is 5.82 Å². The van der Waals surface area contributed by atoms with Crippen LogP contribution in [0.2, 0.25) is 5.15 Å². The average molecular weight is 304 g/mol. The van der Waals surface area contributed by atoms with Gasteiger partial charge in [-0.3, -0.25) is 5.10 Å². The van der Waals surface area contributed by atoms with Gasteiger partial charge in [0.15, 0.2) is 5.15 Å². The Morgan fingerprint density at radius 3 is 3.10 bits per heavy atom. The van der Waals surface area contributed by atoms with Gasteiger partial charge in [0, 0.05) is 17.5 Å². The van der Waals surface area contributed by atoms with Crippen LogP contribution in [0.4, 0.5) is 5.69 Å². The van der Waals surface area contributed by atoms with Crippen molar-refractivity contribution in [2.45, 2.75) is 32.7 Å². The van der Waals surface area contributed by atoms with Crippen LogP contribution in [0.5, 0.6) is 0 Å². The zero-order valence-corrected chi connectivity index (χ0v) is 12.7. The number of anilines is 1. The standard InChI is InChI=1S/C15H18ClN5/c1-2-3-4-14-19-13(15(16)20-14)9-17-11-6-5-10-8-18-21-12(10)7-11/h5-8,17H,2-4,9H2,1H3,(H,18,21)(H,19,20). The number of nitrogens with one attached hydrogen (secondary N) is 3. The Morgan fingerprint density at radius 2 is 2.24 bits per heavy atom. The van der Waals surface area contributed by atoms with Gasteiger partial charge in [-0.05, 0) is 24.6 Å². The summed E-state index contributed by atoms with van der Waals surface area (Å²) in [5, 5.41) is 12.0. The van der Waals surface area contributed by atoms with Gasteiger partial charge in [-0.2, -0.15) is 5.10 Å². The second-order valence-corrected chi connectivity index (χ2v) is 5.44. The number of aryl methyl sites for hydroxylation is 1. The van der Waals surface area contributed by atoms with E-state index in [0.29, 0.717) is 11.7 Å². The lowest BCUT2D eigenvalue weighted by atomic mass is 10.2. The van der Waals surface area contributed by atoms with E-state index in [2.05, 4.69) is 32.4 Å². The van der Waals surface area contributed by atoms with Crippen molar-refractivity contribution in [3.8, 4) is 0 Å². The summed E-state index contributed by atoms with van der Waals surface area (Å²) >= 11 is 6.17. The molecule has 0 amide bonds. The Morgan fingerprint density at radius 1 is 1.33 bits per heavy atom. The number of rotatable bonds is 6. The third-order valence-corrected chi connectivity index (χ3v) is 3.77. The van der Waals surface area contributed by atoms with Gasteiger partial charge in [-0.15, -0.1) is 0 Å². The second kappa shape index (κ2) is 6.18. The van der Waals surface area contributed by atoms with Crippen molar-refractivity contribution in [1.29, 1.82) is 0 Å². The van der Waals surface area contributed by atoms with Gasteiger partial charge in [0.2, 0.25) is 0 Å². The molecule has 3 N–H and O–H groups in total. The lowest BCUT2D eigenvalue weighted by molar-refractivity contribution is 0.760. The number of benzene rings is 1. The molecule has 2 heterocycles. The van der Waals surface area contributed by atoms with Gasteiger partial charge in [-0.1, -0.05) is 24.9 Å². The summed E-state index contributed by atoms with van der Waals surface area (Å²) < 4.78 is 0. The maximum Gasteiger partial charge on any atom is 0.152 e. The number of hydrogen-bond donors (Lipinski definition) is 3. The van der Waals surface area contributed by atoms with Crippen LogP contribution in [0, 0.1) is 0 Å². The van der Waals surface area contributed by atoms with Crippen molar-refractivity contribution in [1.82, 2.24) is 20.2 Å². The van der Waals surface area contributed by atoms with Crippen molar-refractivity contribution in [2.24, 2.45) is 0 Å². The number of unbranched alkanes of at least 4 members (excludes halogenated alkanes) is 1. The van der Waals surface area contributed by atoms with Crippen LogP contribution in [0.1, 0.15) is 31.3 Å². The van der Waals surface area contributed by atoms with Crippen LogP contribution in [0.15, 0.2) is 24.4 Å². The predicted octanol–water partition coefficient (Wildman–Crippen LogP) is 3.89. The third-order valence-electron chi connectivity index (χ3n) is 3.46. The molecule has 5 nitrogen and oxygen atoms in total. The molecule has 0 fully saturated rings. The lowest BCUT2D eigenvalue weighted by Gasteiger charge is -2.05. The number of fused-ring (bicyclic) bond motifs is 1. The molecule has 3 aromatic rings. The zero-order chi connectivity index (χ0) is 14.7. The molecule has 6 heteroatoms. The van der Waals surface area contributed by atoms with E-state index in [1.807, 2.05) is 24.4 Å². The first kappa shape index (κ1) is 13.9. The molecule has 0 atom stereocenters. The molecule has 0 aliphatic rings. The minimum atomic E-state index is 0.552. The summed E-state index contributed by atoms with van der Waals surface area (Å²) in [6.07, 6.45) is 5.02. The number of hydrogen-bond acceptors (Lipinski definition) is 3. The summed E-state index contributed by atoms with van der Waals surface area (Å²) in [5.41, 5.74) is 2.96. The fourth-order valence-electron chi connectivity index (χ4n) is 2.26. The molecular formula is C15H18ClN5. The summed E-state index contributed by atoms with van der Waals surface area (Å²) in [7, 11) is 0. The normalized spacial score (nSPS) is 11.1. The molecule has 0 bridgehead atoms. The summed E-state index contributed by atoms with van der Waals surface area (Å²) in [5.74, 6) is 0.961. The Labute approximate surface area is 128 Å². The van der Waals surface area contributed by atoms with E-state index in [1.165, 1.54) is 0 Å². The van der Waals surface area contributed by atoms with Gasteiger partial charge in [0.25, 0.3) is 0 Å². The quantitative estimate of drug-likeness (QED) is 0.647. The highest BCUT2D eigenvalue weighted by molar-refractivity contribution is 6.30. The Hall–Kier alpha value is -2.01. The SMILES string of the molecule is CCCCc1nc(Cl)c(CNc2ccc3cn[nH]c3c2)[nH]1. The minimum Gasteiger partial charge on any atom is -0.379 e. The van der Waals surface area contributed by atoms with Crippen molar-refractivity contribution in [3.63, 3.8) is 0 Å². The smallest absolute Gasteiger partial charge is 0.152 e. The molecule has 0 saturated heterocycles. The number of aromatic nitrogens is 4.